The molecule has 1 saturated heterocycles. The standard InChI is InChI=1S/C13H14F3NO/c14-11-4-1-10(2-5-11)3-6-12(18)17-8-7-13(15,16)9-17/h1-2,4-5H,3,6-9H2. The van der Waals surface area contributed by atoms with Gasteiger partial charge in [0.2, 0.25) is 5.91 Å². The summed E-state index contributed by atoms with van der Waals surface area (Å²) < 4.78 is 38.5. The number of likely N-dealkylation sites (tertiary alicyclic amines) is 1. The summed E-state index contributed by atoms with van der Waals surface area (Å²) in [5, 5.41) is 0. The highest BCUT2D eigenvalue weighted by atomic mass is 19.3. The number of amides is 1. The minimum atomic E-state index is -2.74. The van der Waals surface area contributed by atoms with Gasteiger partial charge in [-0.2, -0.15) is 0 Å². The topological polar surface area (TPSA) is 20.3 Å². The number of alkyl halides is 2. The third-order valence-corrected chi connectivity index (χ3v) is 3.06. The van der Waals surface area contributed by atoms with Crippen molar-refractivity contribution < 1.29 is 18.0 Å². The molecule has 1 aliphatic rings. The van der Waals surface area contributed by atoms with Gasteiger partial charge in [0, 0.05) is 19.4 Å². The molecule has 2 nitrogen and oxygen atoms in total. The predicted octanol–water partition coefficient (Wildman–Crippen LogP) is 2.63. The maximum absolute atomic E-state index is 12.9. The molecule has 98 valence electrons. The number of rotatable bonds is 3. The van der Waals surface area contributed by atoms with Crippen LogP contribution in [0, 0.1) is 5.82 Å². The van der Waals surface area contributed by atoms with E-state index in [1.807, 2.05) is 0 Å². The molecule has 1 heterocycles. The maximum Gasteiger partial charge on any atom is 0.267 e. The summed E-state index contributed by atoms with van der Waals surface area (Å²) in [6.07, 6.45) is 0.373. The van der Waals surface area contributed by atoms with Crippen LogP contribution in [0.5, 0.6) is 0 Å². The van der Waals surface area contributed by atoms with Crippen LogP contribution in [-0.2, 0) is 11.2 Å². The Morgan fingerprint density at radius 3 is 2.50 bits per heavy atom. The van der Waals surface area contributed by atoms with Crippen molar-refractivity contribution in [3.05, 3.63) is 35.6 Å². The molecule has 0 saturated carbocycles. The lowest BCUT2D eigenvalue weighted by atomic mass is 10.1. The fourth-order valence-corrected chi connectivity index (χ4v) is 2.01. The third kappa shape index (κ3) is 3.24. The van der Waals surface area contributed by atoms with Gasteiger partial charge in [-0.15, -0.1) is 0 Å². The molecule has 2 rings (SSSR count). The largest absolute Gasteiger partial charge is 0.336 e. The van der Waals surface area contributed by atoms with Gasteiger partial charge in [-0.3, -0.25) is 4.79 Å². The van der Waals surface area contributed by atoms with Crippen LogP contribution < -0.4 is 0 Å². The maximum atomic E-state index is 12.9. The number of hydrogen-bond donors (Lipinski definition) is 0. The molecule has 1 aromatic rings. The van der Waals surface area contributed by atoms with Gasteiger partial charge in [0.1, 0.15) is 5.82 Å². The minimum Gasteiger partial charge on any atom is -0.336 e. The van der Waals surface area contributed by atoms with Crippen LogP contribution in [0.15, 0.2) is 24.3 Å². The fraction of sp³-hybridized carbons (Fsp3) is 0.462. The van der Waals surface area contributed by atoms with Gasteiger partial charge >= 0.3 is 0 Å². The van der Waals surface area contributed by atoms with Crippen LogP contribution in [0.1, 0.15) is 18.4 Å². The zero-order valence-electron chi connectivity index (χ0n) is 9.83. The SMILES string of the molecule is O=C(CCc1ccc(F)cc1)N1CCC(F)(F)C1. The Labute approximate surface area is 103 Å². The van der Waals surface area contributed by atoms with E-state index < -0.39 is 12.5 Å². The molecular formula is C13H14F3NO. The van der Waals surface area contributed by atoms with E-state index in [9.17, 15) is 18.0 Å². The average molecular weight is 257 g/mol. The second kappa shape index (κ2) is 5.00. The number of halogens is 3. The molecule has 0 radical (unpaired) electrons. The molecular weight excluding hydrogens is 243 g/mol. The van der Waals surface area contributed by atoms with Gasteiger partial charge in [-0.1, -0.05) is 12.1 Å². The van der Waals surface area contributed by atoms with E-state index in [0.717, 1.165) is 5.56 Å². The van der Waals surface area contributed by atoms with E-state index in [2.05, 4.69) is 0 Å². The summed E-state index contributed by atoms with van der Waals surface area (Å²) in [7, 11) is 0. The van der Waals surface area contributed by atoms with Gasteiger partial charge in [0.25, 0.3) is 5.92 Å². The highest BCUT2D eigenvalue weighted by Crippen LogP contribution is 2.27. The summed E-state index contributed by atoms with van der Waals surface area (Å²) in [6, 6.07) is 5.84. The Bertz CT molecular complexity index is 430. The molecule has 0 aliphatic carbocycles. The van der Waals surface area contributed by atoms with Gasteiger partial charge in [-0.05, 0) is 24.1 Å². The Kier molecular flexibility index (Phi) is 3.59. The van der Waals surface area contributed by atoms with Crippen molar-refractivity contribution in [3.63, 3.8) is 0 Å². The van der Waals surface area contributed by atoms with E-state index in [0.29, 0.717) is 6.42 Å². The first-order valence-electron chi connectivity index (χ1n) is 5.86. The summed E-state index contributed by atoms with van der Waals surface area (Å²) in [4.78, 5) is 12.9. The van der Waals surface area contributed by atoms with E-state index in [1.165, 1.54) is 17.0 Å². The van der Waals surface area contributed by atoms with Crippen LogP contribution >= 0.6 is 0 Å². The lowest BCUT2D eigenvalue weighted by Crippen LogP contribution is -2.31. The lowest BCUT2D eigenvalue weighted by Gasteiger charge is -2.15. The minimum absolute atomic E-state index is 0.120. The molecule has 0 unspecified atom stereocenters. The van der Waals surface area contributed by atoms with E-state index in [-0.39, 0.29) is 31.1 Å². The summed E-state index contributed by atoms with van der Waals surface area (Å²) in [5.74, 6) is -3.34. The zero-order chi connectivity index (χ0) is 13.2. The monoisotopic (exact) mass is 257 g/mol. The quantitative estimate of drug-likeness (QED) is 0.815. The molecule has 1 amide bonds. The van der Waals surface area contributed by atoms with Crippen LogP contribution in [0.25, 0.3) is 0 Å². The molecule has 18 heavy (non-hydrogen) atoms. The first kappa shape index (κ1) is 12.9. The third-order valence-electron chi connectivity index (χ3n) is 3.06. The molecule has 1 aromatic carbocycles. The second-order valence-electron chi connectivity index (χ2n) is 4.55. The normalized spacial score (nSPS) is 18.1. The molecule has 5 heteroatoms. The van der Waals surface area contributed by atoms with Gasteiger partial charge in [0.15, 0.2) is 0 Å². The number of nitrogens with zero attached hydrogens (tertiary/aromatic N) is 1. The molecule has 0 atom stereocenters. The smallest absolute Gasteiger partial charge is 0.267 e. The molecule has 1 fully saturated rings. The zero-order valence-corrected chi connectivity index (χ0v) is 9.83. The van der Waals surface area contributed by atoms with Crippen molar-refractivity contribution in [2.45, 2.75) is 25.2 Å². The summed E-state index contributed by atoms with van der Waals surface area (Å²) in [6.45, 7) is -0.357. The Balaban J connectivity index is 1.84. The van der Waals surface area contributed by atoms with Gasteiger partial charge in [0.05, 0.1) is 6.54 Å². The van der Waals surface area contributed by atoms with Crippen LogP contribution in [0.3, 0.4) is 0 Å². The highest BCUT2D eigenvalue weighted by Gasteiger charge is 2.39. The Morgan fingerprint density at radius 2 is 1.94 bits per heavy atom. The van der Waals surface area contributed by atoms with Crippen molar-refractivity contribution >= 4 is 5.91 Å². The van der Waals surface area contributed by atoms with E-state index in [1.54, 1.807) is 12.1 Å². The van der Waals surface area contributed by atoms with Crippen molar-refractivity contribution in [2.75, 3.05) is 13.1 Å². The van der Waals surface area contributed by atoms with Gasteiger partial charge in [-0.25, -0.2) is 13.2 Å². The van der Waals surface area contributed by atoms with Crippen LogP contribution in [0.2, 0.25) is 0 Å². The molecule has 0 spiro atoms. The predicted molar refractivity (Wildman–Crippen MR) is 60.9 cm³/mol. The summed E-state index contributed by atoms with van der Waals surface area (Å²) >= 11 is 0. The van der Waals surface area contributed by atoms with E-state index in [4.69, 9.17) is 0 Å². The number of benzene rings is 1. The van der Waals surface area contributed by atoms with Crippen molar-refractivity contribution in [2.24, 2.45) is 0 Å². The first-order valence-corrected chi connectivity index (χ1v) is 5.86. The fourth-order valence-electron chi connectivity index (χ4n) is 2.01. The van der Waals surface area contributed by atoms with E-state index >= 15 is 0 Å². The van der Waals surface area contributed by atoms with Crippen molar-refractivity contribution in [3.8, 4) is 0 Å². The van der Waals surface area contributed by atoms with Crippen molar-refractivity contribution in [1.29, 1.82) is 0 Å². The Morgan fingerprint density at radius 1 is 1.28 bits per heavy atom. The first-order chi connectivity index (χ1) is 8.46. The van der Waals surface area contributed by atoms with Crippen LogP contribution in [-0.4, -0.2) is 29.8 Å². The highest BCUT2D eigenvalue weighted by molar-refractivity contribution is 5.76. The molecule has 1 aliphatic heterocycles. The average Bonchev–Trinajstić information content (AvgIpc) is 2.69. The Hall–Kier alpha value is -1.52. The molecule has 0 N–H and O–H groups in total. The van der Waals surface area contributed by atoms with Crippen molar-refractivity contribution in [1.82, 2.24) is 4.90 Å². The number of carbonyl (C=O) groups excluding carboxylic acids is 1. The lowest BCUT2D eigenvalue weighted by molar-refractivity contribution is -0.131. The number of carbonyl (C=O) groups is 1. The van der Waals surface area contributed by atoms with Gasteiger partial charge < -0.3 is 4.90 Å². The van der Waals surface area contributed by atoms with Crippen LogP contribution in [0.4, 0.5) is 13.2 Å². The molecule has 0 aromatic heterocycles. The number of aryl methyl sites for hydroxylation is 1. The number of hydrogen-bond acceptors (Lipinski definition) is 1. The summed E-state index contributed by atoms with van der Waals surface area (Å²) in [5.41, 5.74) is 0.829. The second-order valence-corrected chi connectivity index (χ2v) is 4.55. The molecule has 0 bridgehead atoms.